The molecule has 0 saturated carbocycles. The predicted molar refractivity (Wildman–Crippen MR) is 52.9 cm³/mol. The summed E-state index contributed by atoms with van der Waals surface area (Å²) in [5.74, 6) is -0.494. The van der Waals surface area contributed by atoms with Gasteiger partial charge in [0.2, 0.25) is 0 Å². The molecule has 1 rings (SSSR count). The Hall–Kier alpha value is -1.71. The highest BCUT2D eigenvalue weighted by Crippen LogP contribution is 2.24. The first-order valence-electron chi connectivity index (χ1n) is 4.49. The van der Waals surface area contributed by atoms with Crippen LogP contribution in [0.1, 0.15) is 34.6 Å². The van der Waals surface area contributed by atoms with Gasteiger partial charge in [-0.2, -0.15) is 0 Å². The quantitative estimate of drug-likeness (QED) is 0.716. The third-order valence-corrected chi connectivity index (χ3v) is 1.72. The molecule has 1 aromatic carbocycles. The van der Waals surface area contributed by atoms with Crippen LogP contribution in [-0.2, 0) is 0 Å². The fraction of sp³-hybridized carbons (Fsp3) is 0.273. The minimum Gasteiger partial charge on any atom is -0.490 e. The summed E-state index contributed by atoms with van der Waals surface area (Å²) in [4.78, 5) is 21.3. The molecule has 15 heavy (non-hydrogen) atoms. The van der Waals surface area contributed by atoms with E-state index in [4.69, 9.17) is 4.74 Å². The summed E-state index contributed by atoms with van der Waals surface area (Å²) in [6, 6.07) is 2.08. The normalized spacial score (nSPS) is 10.1. The highest BCUT2D eigenvalue weighted by molar-refractivity contribution is 5.88. The maximum absolute atomic E-state index is 12.9. The number of benzene rings is 1. The van der Waals surface area contributed by atoms with E-state index in [0.29, 0.717) is 12.6 Å². The summed E-state index contributed by atoms with van der Waals surface area (Å²) in [6.07, 6.45) is 0.745. The summed E-state index contributed by atoms with van der Waals surface area (Å²) < 4.78 is 18.2. The van der Waals surface area contributed by atoms with Crippen molar-refractivity contribution in [2.75, 3.05) is 0 Å². The molecule has 0 radical (unpaired) electrons. The van der Waals surface area contributed by atoms with E-state index in [1.54, 1.807) is 13.8 Å². The molecule has 0 aromatic heterocycles. The van der Waals surface area contributed by atoms with Crippen LogP contribution in [0.5, 0.6) is 5.75 Å². The van der Waals surface area contributed by atoms with Gasteiger partial charge in [0.15, 0.2) is 12.6 Å². The molecule has 80 valence electrons. The first-order valence-corrected chi connectivity index (χ1v) is 4.49. The van der Waals surface area contributed by atoms with Gasteiger partial charge in [-0.3, -0.25) is 9.59 Å². The molecule has 1 aromatic rings. The SMILES string of the molecule is CC(C)Oc1c(C=O)cc(F)cc1C=O. The Morgan fingerprint density at radius 1 is 1.20 bits per heavy atom. The van der Waals surface area contributed by atoms with Crippen molar-refractivity contribution in [3.8, 4) is 5.75 Å². The van der Waals surface area contributed by atoms with E-state index in [2.05, 4.69) is 0 Å². The zero-order valence-electron chi connectivity index (χ0n) is 8.49. The van der Waals surface area contributed by atoms with Crippen LogP contribution in [0.15, 0.2) is 12.1 Å². The lowest BCUT2D eigenvalue weighted by molar-refractivity contribution is 0.111. The second-order valence-electron chi connectivity index (χ2n) is 3.32. The zero-order chi connectivity index (χ0) is 11.4. The van der Waals surface area contributed by atoms with E-state index >= 15 is 0 Å². The van der Waals surface area contributed by atoms with Crippen LogP contribution in [-0.4, -0.2) is 18.7 Å². The molecule has 0 spiro atoms. The number of hydrogen-bond acceptors (Lipinski definition) is 3. The lowest BCUT2D eigenvalue weighted by Gasteiger charge is -2.13. The van der Waals surface area contributed by atoms with Crippen LogP contribution < -0.4 is 4.74 Å². The van der Waals surface area contributed by atoms with Crippen molar-refractivity contribution < 1.29 is 18.7 Å². The standard InChI is InChI=1S/C11H11FO3/c1-7(2)15-11-8(5-13)3-10(12)4-9(11)6-14/h3-7H,1-2H3. The monoisotopic (exact) mass is 210 g/mol. The topological polar surface area (TPSA) is 43.4 Å². The minimum absolute atomic E-state index is 0.0470. The van der Waals surface area contributed by atoms with Crippen molar-refractivity contribution in [3.05, 3.63) is 29.1 Å². The van der Waals surface area contributed by atoms with E-state index in [-0.39, 0.29) is 23.0 Å². The maximum atomic E-state index is 12.9. The minimum atomic E-state index is -0.629. The second kappa shape index (κ2) is 4.68. The summed E-state index contributed by atoms with van der Waals surface area (Å²) >= 11 is 0. The third kappa shape index (κ3) is 2.62. The first kappa shape index (κ1) is 11.4. The van der Waals surface area contributed by atoms with Gasteiger partial charge in [-0.1, -0.05) is 0 Å². The smallest absolute Gasteiger partial charge is 0.153 e. The fourth-order valence-corrected chi connectivity index (χ4v) is 1.18. The molecule has 0 N–H and O–H groups in total. The molecule has 0 fully saturated rings. The van der Waals surface area contributed by atoms with Gasteiger partial charge in [-0.25, -0.2) is 4.39 Å². The molecule has 0 aliphatic carbocycles. The number of carbonyl (C=O) groups excluding carboxylic acids is 2. The second-order valence-corrected chi connectivity index (χ2v) is 3.32. The number of hydrogen-bond donors (Lipinski definition) is 0. The van der Waals surface area contributed by atoms with E-state index in [9.17, 15) is 14.0 Å². The predicted octanol–water partition coefficient (Wildman–Crippen LogP) is 2.24. The van der Waals surface area contributed by atoms with Crippen LogP contribution in [0.2, 0.25) is 0 Å². The molecular formula is C11H11FO3. The van der Waals surface area contributed by atoms with Crippen LogP contribution in [0.4, 0.5) is 4.39 Å². The van der Waals surface area contributed by atoms with Gasteiger partial charge in [0, 0.05) is 0 Å². The van der Waals surface area contributed by atoms with Crippen LogP contribution >= 0.6 is 0 Å². The van der Waals surface area contributed by atoms with Crippen molar-refractivity contribution >= 4 is 12.6 Å². The molecule has 0 atom stereocenters. The van der Waals surface area contributed by atoms with Gasteiger partial charge in [0.1, 0.15) is 11.6 Å². The van der Waals surface area contributed by atoms with Crippen molar-refractivity contribution in [2.24, 2.45) is 0 Å². The molecule has 0 heterocycles. The Kier molecular flexibility index (Phi) is 3.55. The van der Waals surface area contributed by atoms with Gasteiger partial charge < -0.3 is 4.74 Å². The van der Waals surface area contributed by atoms with E-state index in [1.165, 1.54) is 0 Å². The Labute approximate surface area is 86.9 Å². The first-order chi connectivity index (χ1) is 7.08. The Bertz CT molecular complexity index is 356. The molecular weight excluding hydrogens is 199 g/mol. The highest BCUT2D eigenvalue weighted by atomic mass is 19.1. The molecule has 4 heteroatoms. The number of ether oxygens (including phenoxy) is 1. The fourth-order valence-electron chi connectivity index (χ4n) is 1.18. The van der Waals surface area contributed by atoms with Crippen molar-refractivity contribution in [1.29, 1.82) is 0 Å². The molecule has 0 amide bonds. The van der Waals surface area contributed by atoms with Crippen molar-refractivity contribution in [3.63, 3.8) is 0 Å². The molecule has 0 aliphatic rings. The van der Waals surface area contributed by atoms with E-state index < -0.39 is 5.82 Å². The average Bonchev–Trinajstić information content (AvgIpc) is 2.19. The van der Waals surface area contributed by atoms with Gasteiger partial charge >= 0.3 is 0 Å². The molecule has 0 unspecified atom stereocenters. The van der Waals surface area contributed by atoms with Gasteiger partial charge in [0.25, 0.3) is 0 Å². The Morgan fingerprint density at radius 2 is 1.67 bits per heavy atom. The Morgan fingerprint density at radius 3 is 2.00 bits per heavy atom. The molecule has 0 aliphatic heterocycles. The number of halogens is 1. The largest absolute Gasteiger partial charge is 0.490 e. The number of carbonyl (C=O) groups is 2. The molecule has 3 nitrogen and oxygen atoms in total. The Balaban J connectivity index is 3.29. The maximum Gasteiger partial charge on any atom is 0.153 e. The van der Waals surface area contributed by atoms with E-state index in [0.717, 1.165) is 12.1 Å². The third-order valence-electron chi connectivity index (χ3n) is 1.72. The van der Waals surface area contributed by atoms with Gasteiger partial charge in [-0.05, 0) is 26.0 Å². The zero-order valence-corrected chi connectivity index (χ0v) is 8.49. The van der Waals surface area contributed by atoms with Gasteiger partial charge in [-0.15, -0.1) is 0 Å². The lowest BCUT2D eigenvalue weighted by atomic mass is 10.1. The lowest BCUT2D eigenvalue weighted by Crippen LogP contribution is -2.10. The number of rotatable bonds is 4. The van der Waals surface area contributed by atoms with E-state index in [1.807, 2.05) is 0 Å². The summed E-state index contributed by atoms with van der Waals surface area (Å²) in [7, 11) is 0. The van der Waals surface area contributed by atoms with Crippen LogP contribution in [0.3, 0.4) is 0 Å². The van der Waals surface area contributed by atoms with Gasteiger partial charge in [0.05, 0.1) is 17.2 Å². The molecule has 0 saturated heterocycles. The summed E-state index contributed by atoms with van der Waals surface area (Å²) in [5.41, 5.74) is 0.0941. The molecule has 0 bridgehead atoms. The summed E-state index contributed by atoms with van der Waals surface area (Å²) in [5, 5.41) is 0. The van der Waals surface area contributed by atoms with Crippen LogP contribution in [0.25, 0.3) is 0 Å². The highest BCUT2D eigenvalue weighted by Gasteiger charge is 2.12. The summed E-state index contributed by atoms with van der Waals surface area (Å²) in [6.45, 7) is 3.51. The van der Waals surface area contributed by atoms with Crippen molar-refractivity contribution in [1.82, 2.24) is 0 Å². The average molecular weight is 210 g/mol. The van der Waals surface area contributed by atoms with Crippen molar-refractivity contribution in [2.45, 2.75) is 20.0 Å². The number of aldehydes is 2. The van der Waals surface area contributed by atoms with Crippen LogP contribution in [0, 0.1) is 5.82 Å².